The number of amides is 1. The van der Waals surface area contributed by atoms with Gasteiger partial charge in [-0.05, 0) is 44.0 Å². The van der Waals surface area contributed by atoms with Crippen LogP contribution in [0, 0.1) is 0 Å². The molecular weight excluding hydrogens is 442 g/mol. The molecule has 2 aromatic rings. The minimum atomic E-state index is -3.51. The number of fused-ring (bicyclic) bond motifs is 1. The van der Waals surface area contributed by atoms with Gasteiger partial charge in [0, 0.05) is 56.1 Å². The summed E-state index contributed by atoms with van der Waals surface area (Å²) in [6, 6.07) is 6.76. The van der Waals surface area contributed by atoms with Gasteiger partial charge in [-0.15, -0.1) is 0 Å². The van der Waals surface area contributed by atoms with Crippen molar-refractivity contribution in [2.45, 2.75) is 62.2 Å². The van der Waals surface area contributed by atoms with Crippen molar-refractivity contribution < 1.29 is 22.7 Å². The molecule has 0 bridgehead atoms. The minimum Gasteiger partial charge on any atom is -0.347 e. The molecule has 1 aromatic carbocycles. The van der Waals surface area contributed by atoms with Crippen LogP contribution in [0.1, 0.15) is 51.5 Å². The zero-order valence-corrected chi connectivity index (χ0v) is 20.1. The number of sulfonamides is 1. The van der Waals surface area contributed by atoms with Crippen molar-refractivity contribution in [3.05, 3.63) is 30.5 Å². The lowest BCUT2D eigenvalue weighted by Crippen LogP contribution is -2.48. The van der Waals surface area contributed by atoms with Crippen LogP contribution in [0.2, 0.25) is 0 Å². The van der Waals surface area contributed by atoms with Gasteiger partial charge in [-0.25, -0.2) is 8.42 Å². The van der Waals surface area contributed by atoms with Gasteiger partial charge in [0.15, 0.2) is 5.79 Å². The molecule has 180 valence electrons. The number of nitrogens with zero attached hydrogens (tertiary/aromatic N) is 3. The molecule has 4 heterocycles. The summed E-state index contributed by atoms with van der Waals surface area (Å²) in [6.45, 7) is 5.53. The Morgan fingerprint density at radius 2 is 1.64 bits per heavy atom. The molecule has 0 radical (unpaired) electrons. The lowest BCUT2D eigenvalue weighted by Gasteiger charge is -2.38. The first-order valence-corrected chi connectivity index (χ1v) is 13.5. The van der Waals surface area contributed by atoms with Gasteiger partial charge >= 0.3 is 0 Å². The average molecular weight is 476 g/mol. The van der Waals surface area contributed by atoms with E-state index in [2.05, 4.69) is 0 Å². The molecule has 0 unspecified atom stereocenters. The fourth-order valence-corrected chi connectivity index (χ4v) is 6.86. The van der Waals surface area contributed by atoms with E-state index in [1.165, 1.54) is 0 Å². The number of rotatable bonds is 4. The quantitative estimate of drug-likeness (QED) is 0.679. The Balaban J connectivity index is 1.32. The number of hydrogen-bond acceptors (Lipinski definition) is 5. The normalized spacial score (nSPS) is 23.1. The highest BCUT2D eigenvalue weighted by atomic mass is 32.2. The van der Waals surface area contributed by atoms with Crippen molar-refractivity contribution in [3.8, 4) is 0 Å². The summed E-state index contributed by atoms with van der Waals surface area (Å²) in [5.41, 5.74) is 0.863. The molecule has 1 amide bonds. The number of likely N-dealkylation sites (tertiary alicyclic amines) is 1. The van der Waals surface area contributed by atoms with Crippen molar-refractivity contribution >= 4 is 26.8 Å². The molecule has 8 nitrogen and oxygen atoms in total. The smallest absolute Gasteiger partial charge is 0.245 e. The van der Waals surface area contributed by atoms with Gasteiger partial charge in [-0.1, -0.05) is 12.8 Å². The first-order chi connectivity index (χ1) is 15.9. The topological polar surface area (TPSA) is 81.1 Å². The van der Waals surface area contributed by atoms with Gasteiger partial charge in [-0.2, -0.15) is 4.31 Å². The van der Waals surface area contributed by atoms with E-state index in [1.807, 2.05) is 34.7 Å². The van der Waals surface area contributed by atoms with Gasteiger partial charge in [0.2, 0.25) is 15.9 Å². The predicted octanol–water partition coefficient (Wildman–Crippen LogP) is 3.13. The van der Waals surface area contributed by atoms with Crippen LogP contribution in [0.4, 0.5) is 0 Å². The molecule has 5 rings (SSSR count). The first-order valence-electron chi connectivity index (χ1n) is 12.1. The molecule has 33 heavy (non-hydrogen) atoms. The number of carbonyl (C=O) groups excluding carboxylic acids is 1. The maximum absolute atomic E-state index is 13.2. The summed E-state index contributed by atoms with van der Waals surface area (Å²) in [5, 5.41) is 0.830. The van der Waals surface area contributed by atoms with Gasteiger partial charge in [0.25, 0.3) is 0 Å². The van der Waals surface area contributed by atoms with Crippen molar-refractivity contribution in [2.75, 3.05) is 39.4 Å². The van der Waals surface area contributed by atoms with Crippen LogP contribution in [-0.4, -0.2) is 73.3 Å². The summed E-state index contributed by atoms with van der Waals surface area (Å²) in [7, 11) is -3.51. The van der Waals surface area contributed by atoms with Gasteiger partial charge in [0.1, 0.15) is 6.04 Å². The van der Waals surface area contributed by atoms with E-state index < -0.39 is 15.8 Å². The number of ether oxygens (including phenoxy) is 2. The number of benzene rings is 1. The molecule has 1 aromatic heterocycles. The van der Waals surface area contributed by atoms with Crippen LogP contribution in [0.5, 0.6) is 0 Å². The van der Waals surface area contributed by atoms with Gasteiger partial charge in [-0.3, -0.25) is 4.79 Å². The third-order valence-corrected chi connectivity index (χ3v) is 9.21. The third-order valence-electron chi connectivity index (χ3n) is 7.32. The van der Waals surface area contributed by atoms with Gasteiger partial charge in [0.05, 0.1) is 18.1 Å². The molecule has 1 spiro atoms. The van der Waals surface area contributed by atoms with E-state index in [0.29, 0.717) is 57.1 Å². The molecule has 9 heteroatoms. The Kier molecular flexibility index (Phi) is 6.24. The Morgan fingerprint density at radius 1 is 0.970 bits per heavy atom. The average Bonchev–Trinajstić information content (AvgIpc) is 3.36. The van der Waals surface area contributed by atoms with E-state index in [4.69, 9.17) is 9.47 Å². The third kappa shape index (κ3) is 4.32. The highest BCUT2D eigenvalue weighted by molar-refractivity contribution is 7.89. The molecule has 3 saturated heterocycles. The highest BCUT2D eigenvalue weighted by Crippen LogP contribution is 2.33. The number of piperidine rings is 1. The summed E-state index contributed by atoms with van der Waals surface area (Å²) in [6.07, 6.45) is 7.24. The molecular formula is C24H33N3O5S. The number of aromatic nitrogens is 1. The SMILES string of the molecule is C[C@H](C(=O)N1CCC2(CC1)OCCO2)n1ccc2cc(S(=O)(=O)N3CCCCCC3)ccc21. The molecule has 1 atom stereocenters. The van der Waals surface area contributed by atoms with Crippen LogP contribution in [0.3, 0.4) is 0 Å². The van der Waals surface area contributed by atoms with Crippen LogP contribution in [0.15, 0.2) is 35.4 Å². The zero-order chi connectivity index (χ0) is 23.1. The van der Waals surface area contributed by atoms with Crippen molar-refractivity contribution in [3.63, 3.8) is 0 Å². The molecule has 0 aliphatic carbocycles. The summed E-state index contributed by atoms with van der Waals surface area (Å²) < 4.78 is 41.5. The van der Waals surface area contributed by atoms with E-state index in [1.54, 1.807) is 16.4 Å². The second-order valence-corrected chi connectivity index (χ2v) is 11.3. The van der Waals surface area contributed by atoms with Crippen LogP contribution in [0.25, 0.3) is 10.9 Å². The van der Waals surface area contributed by atoms with Crippen molar-refractivity contribution in [1.82, 2.24) is 13.8 Å². The Hall–Kier alpha value is -1.94. The predicted molar refractivity (Wildman–Crippen MR) is 124 cm³/mol. The Bertz CT molecular complexity index is 1100. The minimum absolute atomic E-state index is 0.0570. The second kappa shape index (κ2) is 9.02. The maximum Gasteiger partial charge on any atom is 0.245 e. The van der Waals surface area contributed by atoms with Crippen LogP contribution in [-0.2, 0) is 24.3 Å². The first kappa shape index (κ1) is 22.8. The van der Waals surface area contributed by atoms with E-state index in [9.17, 15) is 13.2 Å². The number of hydrogen-bond donors (Lipinski definition) is 0. The van der Waals surface area contributed by atoms with E-state index >= 15 is 0 Å². The van der Waals surface area contributed by atoms with E-state index in [0.717, 1.165) is 36.6 Å². The highest BCUT2D eigenvalue weighted by Gasteiger charge is 2.41. The standard InChI is InChI=1S/C24H33N3O5S/c1-19(23(28)25-14-9-24(10-15-25)31-16-17-32-24)27-13-8-20-18-21(6-7-22(20)27)33(29,30)26-11-4-2-3-5-12-26/h6-8,13,18-19H,2-5,9-12,14-17H2,1H3/t19-/m1/s1. The second-order valence-electron chi connectivity index (χ2n) is 9.37. The molecule has 3 fully saturated rings. The molecule has 0 saturated carbocycles. The fraction of sp³-hybridized carbons (Fsp3) is 0.625. The Morgan fingerprint density at radius 3 is 2.30 bits per heavy atom. The summed E-state index contributed by atoms with van der Waals surface area (Å²) in [4.78, 5) is 15.4. The van der Waals surface area contributed by atoms with Crippen molar-refractivity contribution in [1.29, 1.82) is 0 Å². The zero-order valence-electron chi connectivity index (χ0n) is 19.2. The number of carbonyl (C=O) groups is 1. The maximum atomic E-state index is 13.2. The van der Waals surface area contributed by atoms with Gasteiger partial charge < -0.3 is 18.9 Å². The summed E-state index contributed by atoms with van der Waals surface area (Å²) in [5.74, 6) is -0.447. The molecule has 0 N–H and O–H groups in total. The van der Waals surface area contributed by atoms with Crippen LogP contribution >= 0.6 is 0 Å². The molecule has 3 aliphatic rings. The largest absolute Gasteiger partial charge is 0.347 e. The molecule has 3 aliphatic heterocycles. The Labute approximate surface area is 195 Å². The lowest BCUT2D eigenvalue weighted by molar-refractivity contribution is -0.188. The fourth-order valence-electron chi connectivity index (χ4n) is 5.31. The van der Waals surface area contributed by atoms with Crippen LogP contribution < -0.4 is 0 Å². The lowest BCUT2D eigenvalue weighted by atomic mass is 10.0. The van der Waals surface area contributed by atoms with E-state index in [-0.39, 0.29) is 11.9 Å². The monoisotopic (exact) mass is 475 g/mol. The van der Waals surface area contributed by atoms with Crippen molar-refractivity contribution in [2.24, 2.45) is 0 Å². The summed E-state index contributed by atoms with van der Waals surface area (Å²) >= 11 is 0.